The second-order valence-electron chi connectivity index (χ2n) is 3.36. The van der Waals surface area contributed by atoms with E-state index in [0.29, 0.717) is 6.54 Å². The van der Waals surface area contributed by atoms with E-state index in [-0.39, 0.29) is 6.03 Å². The highest BCUT2D eigenvalue weighted by Crippen LogP contribution is 2.11. The van der Waals surface area contributed by atoms with Crippen LogP contribution in [0.1, 0.15) is 17.1 Å². The maximum Gasteiger partial charge on any atom is 0.317 e. The standard InChI is InChI=1S/C9H13N3OS/c1-7-11-8(6-14-7)5-12-4-2-3-10-9(12)13/h6H,2-5H2,1H3,(H,10,13). The summed E-state index contributed by atoms with van der Waals surface area (Å²) in [6.07, 6.45) is 1.02. The molecular formula is C9H13N3OS. The zero-order chi connectivity index (χ0) is 9.97. The van der Waals surface area contributed by atoms with Crippen LogP contribution >= 0.6 is 11.3 Å². The molecule has 1 aliphatic rings. The smallest absolute Gasteiger partial charge is 0.317 e. The summed E-state index contributed by atoms with van der Waals surface area (Å²) in [7, 11) is 0. The van der Waals surface area contributed by atoms with Gasteiger partial charge in [0.2, 0.25) is 0 Å². The monoisotopic (exact) mass is 211 g/mol. The Morgan fingerprint density at radius 3 is 3.21 bits per heavy atom. The molecule has 0 unspecified atom stereocenters. The first-order valence-corrected chi connectivity index (χ1v) is 5.57. The van der Waals surface area contributed by atoms with Crippen molar-refractivity contribution in [3.05, 3.63) is 16.1 Å². The van der Waals surface area contributed by atoms with Gasteiger partial charge >= 0.3 is 6.03 Å². The van der Waals surface area contributed by atoms with Crippen LogP contribution in [0.15, 0.2) is 5.38 Å². The number of amides is 2. The van der Waals surface area contributed by atoms with Gasteiger partial charge < -0.3 is 10.2 Å². The molecule has 1 N–H and O–H groups in total. The molecule has 76 valence electrons. The van der Waals surface area contributed by atoms with Crippen LogP contribution in [0.25, 0.3) is 0 Å². The van der Waals surface area contributed by atoms with Crippen LogP contribution in [0, 0.1) is 6.92 Å². The van der Waals surface area contributed by atoms with Gasteiger partial charge in [-0.25, -0.2) is 9.78 Å². The van der Waals surface area contributed by atoms with Crippen molar-refractivity contribution in [2.24, 2.45) is 0 Å². The van der Waals surface area contributed by atoms with Crippen molar-refractivity contribution in [1.29, 1.82) is 0 Å². The lowest BCUT2D eigenvalue weighted by Gasteiger charge is -2.26. The minimum absolute atomic E-state index is 0.0295. The molecule has 0 radical (unpaired) electrons. The van der Waals surface area contributed by atoms with Crippen molar-refractivity contribution in [1.82, 2.24) is 15.2 Å². The summed E-state index contributed by atoms with van der Waals surface area (Å²) in [6.45, 7) is 4.24. The number of hydrogen-bond acceptors (Lipinski definition) is 3. The number of carbonyl (C=O) groups is 1. The Morgan fingerprint density at radius 1 is 1.71 bits per heavy atom. The molecule has 1 saturated heterocycles. The molecule has 1 aromatic heterocycles. The number of nitrogens with zero attached hydrogens (tertiary/aromatic N) is 2. The molecular weight excluding hydrogens is 198 g/mol. The summed E-state index contributed by atoms with van der Waals surface area (Å²) in [5, 5.41) is 5.89. The van der Waals surface area contributed by atoms with E-state index >= 15 is 0 Å². The fourth-order valence-corrected chi connectivity index (χ4v) is 2.11. The van der Waals surface area contributed by atoms with Crippen LogP contribution < -0.4 is 5.32 Å². The van der Waals surface area contributed by atoms with Gasteiger partial charge in [0.15, 0.2) is 0 Å². The molecule has 1 fully saturated rings. The van der Waals surface area contributed by atoms with E-state index in [1.54, 1.807) is 16.2 Å². The Balaban J connectivity index is 1.99. The quantitative estimate of drug-likeness (QED) is 0.803. The lowest BCUT2D eigenvalue weighted by molar-refractivity contribution is 0.182. The fourth-order valence-electron chi connectivity index (χ4n) is 1.51. The van der Waals surface area contributed by atoms with Crippen molar-refractivity contribution in [2.75, 3.05) is 13.1 Å². The first-order valence-electron chi connectivity index (χ1n) is 4.69. The molecule has 1 aromatic rings. The van der Waals surface area contributed by atoms with Crippen LogP contribution in [-0.2, 0) is 6.54 Å². The molecule has 4 nitrogen and oxygen atoms in total. The van der Waals surface area contributed by atoms with Crippen LogP contribution in [0.5, 0.6) is 0 Å². The Labute approximate surface area is 86.9 Å². The summed E-state index contributed by atoms with van der Waals surface area (Å²) < 4.78 is 0. The van der Waals surface area contributed by atoms with Gasteiger partial charge in [0.25, 0.3) is 0 Å². The minimum atomic E-state index is 0.0295. The third-order valence-electron chi connectivity index (χ3n) is 2.19. The summed E-state index contributed by atoms with van der Waals surface area (Å²) in [4.78, 5) is 17.5. The highest BCUT2D eigenvalue weighted by molar-refractivity contribution is 7.09. The molecule has 2 rings (SSSR count). The van der Waals surface area contributed by atoms with Crippen LogP contribution in [0.3, 0.4) is 0 Å². The van der Waals surface area contributed by atoms with Gasteiger partial charge in [-0.3, -0.25) is 0 Å². The SMILES string of the molecule is Cc1nc(CN2CCCNC2=O)cs1. The van der Waals surface area contributed by atoms with Gasteiger partial charge in [0.1, 0.15) is 0 Å². The van der Waals surface area contributed by atoms with Crippen molar-refractivity contribution in [3.8, 4) is 0 Å². The Kier molecular flexibility index (Phi) is 2.67. The van der Waals surface area contributed by atoms with E-state index in [2.05, 4.69) is 10.3 Å². The van der Waals surface area contributed by atoms with E-state index in [4.69, 9.17) is 0 Å². The summed E-state index contributed by atoms with van der Waals surface area (Å²) in [6, 6.07) is 0.0295. The number of carbonyl (C=O) groups excluding carboxylic acids is 1. The number of aryl methyl sites for hydroxylation is 1. The van der Waals surface area contributed by atoms with Gasteiger partial charge in [0, 0.05) is 18.5 Å². The number of thiazole rings is 1. The highest BCUT2D eigenvalue weighted by atomic mass is 32.1. The number of urea groups is 1. The van der Waals surface area contributed by atoms with Gasteiger partial charge in [-0.05, 0) is 13.3 Å². The van der Waals surface area contributed by atoms with Crippen molar-refractivity contribution in [3.63, 3.8) is 0 Å². The van der Waals surface area contributed by atoms with Crippen LogP contribution in [0.2, 0.25) is 0 Å². The number of nitrogens with one attached hydrogen (secondary N) is 1. The number of rotatable bonds is 2. The Bertz CT molecular complexity index is 337. The molecule has 1 aliphatic heterocycles. The Morgan fingerprint density at radius 2 is 2.57 bits per heavy atom. The van der Waals surface area contributed by atoms with Crippen molar-refractivity contribution in [2.45, 2.75) is 19.9 Å². The molecule has 5 heteroatoms. The largest absolute Gasteiger partial charge is 0.338 e. The molecule has 0 aliphatic carbocycles. The predicted octanol–water partition coefficient (Wildman–Crippen LogP) is 1.37. The van der Waals surface area contributed by atoms with Crippen molar-refractivity contribution < 1.29 is 4.79 Å². The lowest BCUT2D eigenvalue weighted by atomic mass is 10.3. The lowest BCUT2D eigenvalue weighted by Crippen LogP contribution is -2.45. The fraction of sp³-hybridized carbons (Fsp3) is 0.556. The van der Waals surface area contributed by atoms with E-state index < -0.39 is 0 Å². The molecule has 0 spiro atoms. The first kappa shape index (κ1) is 9.45. The predicted molar refractivity (Wildman–Crippen MR) is 55.3 cm³/mol. The zero-order valence-electron chi connectivity index (χ0n) is 8.12. The molecule has 2 amide bonds. The highest BCUT2D eigenvalue weighted by Gasteiger charge is 2.17. The van der Waals surface area contributed by atoms with E-state index in [1.807, 2.05) is 12.3 Å². The normalized spacial score (nSPS) is 16.9. The summed E-state index contributed by atoms with van der Waals surface area (Å²) in [5.41, 5.74) is 0.990. The first-order chi connectivity index (χ1) is 6.75. The molecule has 0 saturated carbocycles. The summed E-state index contributed by atoms with van der Waals surface area (Å²) in [5.74, 6) is 0. The average molecular weight is 211 g/mol. The van der Waals surface area contributed by atoms with Gasteiger partial charge in [0.05, 0.1) is 17.2 Å². The summed E-state index contributed by atoms with van der Waals surface area (Å²) >= 11 is 1.62. The number of aromatic nitrogens is 1. The second-order valence-corrected chi connectivity index (χ2v) is 4.43. The third kappa shape index (κ3) is 2.04. The Hall–Kier alpha value is -1.10. The second kappa shape index (κ2) is 3.96. The van der Waals surface area contributed by atoms with Crippen LogP contribution in [-0.4, -0.2) is 29.0 Å². The van der Waals surface area contributed by atoms with E-state index in [9.17, 15) is 4.79 Å². The van der Waals surface area contributed by atoms with E-state index in [0.717, 1.165) is 30.2 Å². The maximum atomic E-state index is 11.4. The molecule has 0 bridgehead atoms. The van der Waals surface area contributed by atoms with Crippen LogP contribution in [0.4, 0.5) is 4.79 Å². The average Bonchev–Trinajstić information content (AvgIpc) is 2.56. The number of hydrogen-bond donors (Lipinski definition) is 1. The minimum Gasteiger partial charge on any atom is -0.338 e. The van der Waals surface area contributed by atoms with Crippen molar-refractivity contribution >= 4 is 17.4 Å². The van der Waals surface area contributed by atoms with Gasteiger partial charge in [-0.15, -0.1) is 11.3 Å². The maximum absolute atomic E-state index is 11.4. The van der Waals surface area contributed by atoms with E-state index in [1.165, 1.54) is 0 Å². The molecule has 0 aromatic carbocycles. The van der Waals surface area contributed by atoms with Gasteiger partial charge in [-0.2, -0.15) is 0 Å². The molecule has 14 heavy (non-hydrogen) atoms. The topological polar surface area (TPSA) is 45.2 Å². The molecule has 2 heterocycles. The third-order valence-corrected chi connectivity index (χ3v) is 3.01. The zero-order valence-corrected chi connectivity index (χ0v) is 8.93. The van der Waals surface area contributed by atoms with Gasteiger partial charge in [-0.1, -0.05) is 0 Å². The molecule has 0 atom stereocenters.